The molecule has 8 rings (SSSR count). The molecule has 0 saturated carbocycles. The number of hydrogen-bond acceptors (Lipinski definition) is 9. The standard InChI is InChI=1S/C23H23N3O3S.C23H23N3OS/c1-15-12-18(23(2,3)4)22(27)21(13-15)26-24-19-11-10-17(14-20(19)25-26)30(28,29)16-8-6-5-7-9-16;1-15-12-18(23(2,3)4)22(27)21(13-15)26-24-19-11-10-17(14-20(19)25-26)28-16-8-6-5-7-9-16/h5-14,27H,1-4H3;5-14,27H,1-4H3. The molecule has 0 aliphatic heterocycles. The Morgan fingerprint density at radius 2 is 0.948 bits per heavy atom. The number of phenolic OH excluding ortho intramolecular Hbond substituents is 2. The van der Waals surface area contributed by atoms with E-state index >= 15 is 0 Å². The van der Waals surface area contributed by atoms with Crippen LogP contribution >= 0.6 is 11.8 Å². The Morgan fingerprint density at radius 1 is 0.500 bits per heavy atom. The molecular formula is C46H46N6O4S2. The summed E-state index contributed by atoms with van der Waals surface area (Å²) in [4.78, 5) is 5.57. The summed E-state index contributed by atoms with van der Waals surface area (Å²) in [5.74, 6) is 0.350. The first kappa shape index (κ1) is 40.2. The first-order chi connectivity index (χ1) is 27.4. The fourth-order valence-electron chi connectivity index (χ4n) is 6.56. The average Bonchev–Trinajstić information content (AvgIpc) is 3.80. The number of fused-ring (bicyclic) bond motifs is 2. The van der Waals surface area contributed by atoms with E-state index in [1.165, 1.54) is 21.8 Å². The number of aromatic hydroxyl groups is 2. The second kappa shape index (κ2) is 15.4. The highest BCUT2D eigenvalue weighted by Crippen LogP contribution is 2.38. The summed E-state index contributed by atoms with van der Waals surface area (Å²) >= 11 is 1.69. The predicted molar refractivity (Wildman–Crippen MR) is 230 cm³/mol. The lowest BCUT2D eigenvalue weighted by molar-refractivity contribution is 0.439. The van der Waals surface area contributed by atoms with E-state index in [1.54, 1.807) is 53.0 Å². The molecule has 0 unspecified atom stereocenters. The van der Waals surface area contributed by atoms with E-state index in [2.05, 4.69) is 59.4 Å². The number of aromatic nitrogens is 6. The van der Waals surface area contributed by atoms with E-state index in [0.29, 0.717) is 22.4 Å². The maximum atomic E-state index is 12.9. The molecule has 0 saturated heterocycles. The number of hydrogen-bond donors (Lipinski definition) is 2. The molecular weight excluding hydrogens is 765 g/mol. The van der Waals surface area contributed by atoms with Gasteiger partial charge in [-0.05, 0) is 109 Å². The molecule has 58 heavy (non-hydrogen) atoms. The van der Waals surface area contributed by atoms with Gasteiger partial charge in [0.25, 0.3) is 0 Å². The molecule has 2 aromatic heterocycles. The smallest absolute Gasteiger partial charge is 0.206 e. The number of phenols is 2. The van der Waals surface area contributed by atoms with E-state index in [1.807, 2.05) is 89.2 Å². The monoisotopic (exact) mass is 810 g/mol. The van der Waals surface area contributed by atoms with E-state index in [4.69, 9.17) is 0 Å². The summed E-state index contributed by atoms with van der Waals surface area (Å²) in [6.07, 6.45) is 0. The summed E-state index contributed by atoms with van der Waals surface area (Å²) in [6.45, 7) is 16.3. The molecule has 0 atom stereocenters. The van der Waals surface area contributed by atoms with Crippen molar-refractivity contribution in [1.82, 2.24) is 30.0 Å². The third-order valence-electron chi connectivity index (χ3n) is 9.56. The summed E-state index contributed by atoms with van der Waals surface area (Å²) in [6, 6.07) is 37.0. The predicted octanol–water partition coefficient (Wildman–Crippen LogP) is 10.4. The lowest BCUT2D eigenvalue weighted by atomic mass is 9.85. The highest BCUT2D eigenvalue weighted by atomic mass is 32.2. The van der Waals surface area contributed by atoms with Gasteiger partial charge in [-0.2, -0.15) is 0 Å². The van der Waals surface area contributed by atoms with Crippen molar-refractivity contribution in [2.75, 3.05) is 0 Å². The van der Waals surface area contributed by atoms with Gasteiger partial charge in [0.15, 0.2) is 0 Å². The van der Waals surface area contributed by atoms with Crippen LogP contribution in [0.4, 0.5) is 0 Å². The number of sulfone groups is 1. The van der Waals surface area contributed by atoms with Crippen LogP contribution in [0.25, 0.3) is 33.4 Å². The van der Waals surface area contributed by atoms with Gasteiger partial charge in [-0.3, -0.25) is 0 Å². The van der Waals surface area contributed by atoms with Gasteiger partial charge in [0.05, 0.1) is 9.79 Å². The van der Waals surface area contributed by atoms with Crippen LogP contribution in [0.2, 0.25) is 0 Å². The van der Waals surface area contributed by atoms with Crippen molar-refractivity contribution >= 4 is 43.7 Å². The Bertz CT molecular complexity index is 2890. The molecule has 0 fully saturated rings. The molecule has 10 nitrogen and oxygen atoms in total. The van der Waals surface area contributed by atoms with Crippen LogP contribution in [-0.4, -0.2) is 48.6 Å². The first-order valence-electron chi connectivity index (χ1n) is 18.8. The summed E-state index contributed by atoms with van der Waals surface area (Å²) < 4.78 is 25.8. The van der Waals surface area contributed by atoms with Crippen LogP contribution in [0.3, 0.4) is 0 Å². The Morgan fingerprint density at radius 3 is 1.45 bits per heavy atom. The highest BCUT2D eigenvalue weighted by Gasteiger charge is 2.25. The van der Waals surface area contributed by atoms with Crippen molar-refractivity contribution in [3.05, 3.63) is 144 Å². The van der Waals surface area contributed by atoms with Gasteiger partial charge in [0.1, 0.15) is 44.9 Å². The zero-order chi connectivity index (χ0) is 41.6. The molecule has 6 aromatic carbocycles. The van der Waals surface area contributed by atoms with E-state index in [-0.39, 0.29) is 32.1 Å². The topological polar surface area (TPSA) is 136 Å². The van der Waals surface area contributed by atoms with Crippen LogP contribution < -0.4 is 0 Å². The number of benzene rings is 6. The minimum absolute atomic E-state index is 0.116. The first-order valence-corrected chi connectivity index (χ1v) is 21.1. The zero-order valence-corrected chi connectivity index (χ0v) is 35.4. The van der Waals surface area contributed by atoms with Crippen molar-refractivity contribution in [2.24, 2.45) is 0 Å². The van der Waals surface area contributed by atoms with Crippen LogP contribution in [0.5, 0.6) is 11.5 Å². The van der Waals surface area contributed by atoms with Crippen molar-refractivity contribution in [3.8, 4) is 22.9 Å². The SMILES string of the molecule is Cc1cc(-n2nc3ccc(S(=O)(=O)c4ccccc4)cc3n2)c(O)c(C(C)(C)C)c1.Cc1cc(-n2nc3ccc(Sc4ccccc4)cc3n2)c(O)c(C(C)(C)C)c1. The lowest BCUT2D eigenvalue weighted by Crippen LogP contribution is -2.13. The van der Waals surface area contributed by atoms with Gasteiger partial charge < -0.3 is 10.2 Å². The second-order valence-corrected chi connectivity index (χ2v) is 19.5. The maximum absolute atomic E-state index is 12.9. The van der Waals surface area contributed by atoms with Gasteiger partial charge in [0, 0.05) is 20.9 Å². The maximum Gasteiger partial charge on any atom is 0.206 e. The molecule has 0 spiro atoms. The molecule has 0 aliphatic carbocycles. The van der Waals surface area contributed by atoms with Gasteiger partial charge in [0.2, 0.25) is 9.84 Å². The molecule has 0 aliphatic rings. The minimum Gasteiger partial charge on any atom is -0.505 e. The number of rotatable bonds is 6. The third-order valence-corrected chi connectivity index (χ3v) is 12.3. The molecule has 0 bridgehead atoms. The van der Waals surface area contributed by atoms with E-state index < -0.39 is 9.84 Å². The van der Waals surface area contributed by atoms with Gasteiger partial charge >= 0.3 is 0 Å². The quantitative estimate of drug-likeness (QED) is 0.168. The molecule has 2 heterocycles. The van der Waals surface area contributed by atoms with Crippen molar-refractivity contribution in [1.29, 1.82) is 0 Å². The summed E-state index contributed by atoms with van der Waals surface area (Å²) in [5.41, 5.74) is 6.96. The molecule has 0 amide bonds. The van der Waals surface area contributed by atoms with Crippen LogP contribution in [0.1, 0.15) is 63.8 Å². The summed E-state index contributed by atoms with van der Waals surface area (Å²) in [5, 5.41) is 39.9. The van der Waals surface area contributed by atoms with Crippen molar-refractivity contribution in [3.63, 3.8) is 0 Å². The third kappa shape index (κ3) is 8.34. The largest absolute Gasteiger partial charge is 0.505 e. The molecule has 12 heteroatoms. The fourth-order valence-corrected chi connectivity index (χ4v) is 8.74. The zero-order valence-electron chi connectivity index (χ0n) is 33.8. The molecule has 296 valence electrons. The number of aryl methyl sites for hydroxylation is 2. The van der Waals surface area contributed by atoms with Crippen molar-refractivity contribution in [2.45, 2.75) is 85.8 Å². The lowest BCUT2D eigenvalue weighted by Gasteiger charge is -2.22. The van der Waals surface area contributed by atoms with E-state index in [0.717, 1.165) is 38.2 Å². The minimum atomic E-state index is -3.65. The van der Waals surface area contributed by atoms with Crippen LogP contribution in [-0.2, 0) is 20.7 Å². The Hall–Kier alpha value is -5.98. The Labute approximate surface area is 343 Å². The average molecular weight is 811 g/mol. The highest BCUT2D eigenvalue weighted by molar-refractivity contribution is 7.99. The number of nitrogens with zero attached hydrogens (tertiary/aromatic N) is 6. The van der Waals surface area contributed by atoms with Crippen LogP contribution in [0.15, 0.2) is 141 Å². The fraction of sp³-hybridized carbons (Fsp3) is 0.217. The molecule has 2 N–H and O–H groups in total. The summed E-state index contributed by atoms with van der Waals surface area (Å²) in [7, 11) is -3.65. The van der Waals surface area contributed by atoms with Gasteiger partial charge in [-0.15, -0.1) is 30.0 Å². The van der Waals surface area contributed by atoms with Gasteiger partial charge in [-0.1, -0.05) is 102 Å². The van der Waals surface area contributed by atoms with E-state index in [9.17, 15) is 18.6 Å². The molecule has 8 aromatic rings. The second-order valence-electron chi connectivity index (χ2n) is 16.4. The normalized spacial score (nSPS) is 12.1. The van der Waals surface area contributed by atoms with Crippen LogP contribution in [0, 0.1) is 13.8 Å². The Kier molecular flexibility index (Phi) is 10.7. The van der Waals surface area contributed by atoms with Gasteiger partial charge in [-0.25, -0.2) is 8.42 Å². The Balaban J connectivity index is 0.000000177. The van der Waals surface area contributed by atoms with Crippen molar-refractivity contribution < 1.29 is 18.6 Å². The molecule has 0 radical (unpaired) electrons.